The molecule has 0 aromatic carbocycles. The summed E-state index contributed by atoms with van der Waals surface area (Å²) in [5.41, 5.74) is 5.00. The summed E-state index contributed by atoms with van der Waals surface area (Å²) in [5, 5.41) is 0. The number of hydrogen-bond donors (Lipinski definition) is 1. The van der Waals surface area contributed by atoms with Crippen LogP contribution in [0.5, 0.6) is 0 Å². The third kappa shape index (κ3) is 3.55. The van der Waals surface area contributed by atoms with Gasteiger partial charge in [0, 0.05) is 6.42 Å². The monoisotopic (exact) mass is 199 g/mol. The number of carbonyl (C=O) groups excluding carboxylic acids is 1. The third-order valence-corrected chi connectivity index (χ3v) is 2.53. The van der Waals surface area contributed by atoms with Gasteiger partial charge in [0.05, 0.1) is 11.5 Å². The first-order valence-electron chi connectivity index (χ1n) is 4.16. The zero-order valence-electron chi connectivity index (χ0n) is 7.58. The number of carbonyl (C=O) groups is 1. The maximum atomic E-state index is 10.4. The Bertz CT molecular complexity index is 283. The van der Waals surface area contributed by atoms with Crippen molar-refractivity contribution in [2.75, 3.05) is 5.75 Å². The third-order valence-electron chi connectivity index (χ3n) is 1.55. The second-order valence-electron chi connectivity index (χ2n) is 2.68. The van der Waals surface area contributed by atoms with Crippen molar-refractivity contribution in [2.24, 2.45) is 5.73 Å². The molecule has 1 amide bonds. The molecule has 0 spiro atoms. The van der Waals surface area contributed by atoms with E-state index in [-0.39, 0.29) is 5.91 Å². The average Bonchev–Trinajstić information content (AvgIpc) is 2.52. The number of hydrogen-bond acceptors (Lipinski definition) is 3. The van der Waals surface area contributed by atoms with Crippen LogP contribution < -0.4 is 5.73 Å². The van der Waals surface area contributed by atoms with E-state index in [0.717, 1.165) is 17.9 Å². The lowest BCUT2D eigenvalue weighted by Crippen LogP contribution is -2.13. The normalized spacial score (nSPS) is 10.2. The summed E-state index contributed by atoms with van der Waals surface area (Å²) in [6.45, 7) is 2.04. The van der Waals surface area contributed by atoms with Crippen LogP contribution in [0.3, 0.4) is 0 Å². The van der Waals surface area contributed by atoms with Crippen molar-refractivity contribution in [1.82, 2.24) is 0 Å². The quantitative estimate of drug-likeness (QED) is 0.783. The Balaban J connectivity index is 2.32. The van der Waals surface area contributed by atoms with Crippen LogP contribution in [-0.2, 0) is 17.0 Å². The Labute approximate surface area is 81.7 Å². The standard InChI is InChI=1S/C9H13NO2S/c1-2-7-3-4-8(12-7)5-13-6-9(10)11/h3-4H,2,5-6H2,1H3,(H2,10,11). The zero-order chi connectivity index (χ0) is 9.68. The molecule has 13 heavy (non-hydrogen) atoms. The molecule has 0 aliphatic carbocycles. The van der Waals surface area contributed by atoms with E-state index in [1.807, 2.05) is 19.1 Å². The first kappa shape index (κ1) is 10.2. The lowest BCUT2D eigenvalue weighted by atomic mass is 10.4. The summed E-state index contributed by atoms with van der Waals surface area (Å²) in [5.74, 6) is 2.66. The number of rotatable bonds is 5. The summed E-state index contributed by atoms with van der Waals surface area (Å²) >= 11 is 1.47. The molecule has 1 rings (SSSR count). The van der Waals surface area contributed by atoms with E-state index in [1.54, 1.807) is 0 Å². The van der Waals surface area contributed by atoms with E-state index in [9.17, 15) is 4.79 Å². The van der Waals surface area contributed by atoms with Crippen LogP contribution in [0.25, 0.3) is 0 Å². The largest absolute Gasteiger partial charge is 0.465 e. The molecule has 0 unspecified atom stereocenters. The van der Waals surface area contributed by atoms with Crippen molar-refractivity contribution in [3.05, 3.63) is 23.7 Å². The fraction of sp³-hybridized carbons (Fsp3) is 0.444. The van der Waals surface area contributed by atoms with Crippen molar-refractivity contribution in [3.63, 3.8) is 0 Å². The van der Waals surface area contributed by atoms with Gasteiger partial charge in [0.25, 0.3) is 0 Å². The summed E-state index contributed by atoms with van der Waals surface area (Å²) in [7, 11) is 0. The topological polar surface area (TPSA) is 56.2 Å². The predicted octanol–water partition coefficient (Wildman–Crippen LogP) is 1.56. The molecule has 0 radical (unpaired) electrons. The van der Waals surface area contributed by atoms with Crippen LogP contribution in [0, 0.1) is 0 Å². The first-order chi connectivity index (χ1) is 6.22. The Kier molecular flexibility index (Phi) is 3.89. The molecule has 1 heterocycles. The summed E-state index contributed by atoms with van der Waals surface area (Å²) in [4.78, 5) is 10.4. The van der Waals surface area contributed by atoms with Gasteiger partial charge in [-0.05, 0) is 12.1 Å². The first-order valence-corrected chi connectivity index (χ1v) is 5.31. The molecule has 1 aromatic heterocycles. The minimum absolute atomic E-state index is 0.285. The average molecular weight is 199 g/mol. The number of thioether (sulfide) groups is 1. The van der Waals surface area contributed by atoms with Crippen molar-refractivity contribution >= 4 is 17.7 Å². The highest BCUT2D eigenvalue weighted by molar-refractivity contribution is 7.99. The summed E-state index contributed by atoms with van der Waals surface area (Å²) in [6, 6.07) is 3.90. The molecule has 1 aromatic rings. The maximum absolute atomic E-state index is 10.4. The van der Waals surface area contributed by atoms with E-state index in [1.165, 1.54) is 11.8 Å². The van der Waals surface area contributed by atoms with E-state index in [0.29, 0.717) is 11.5 Å². The molecule has 0 aliphatic rings. The predicted molar refractivity (Wildman–Crippen MR) is 53.4 cm³/mol. The number of primary amides is 1. The fourth-order valence-corrected chi connectivity index (χ4v) is 1.60. The van der Waals surface area contributed by atoms with Gasteiger partial charge in [0.1, 0.15) is 11.5 Å². The molecule has 0 bridgehead atoms. The van der Waals surface area contributed by atoms with Crippen LogP contribution in [0.2, 0.25) is 0 Å². The molecular weight excluding hydrogens is 186 g/mol. The van der Waals surface area contributed by atoms with Crippen molar-refractivity contribution in [3.8, 4) is 0 Å². The highest BCUT2D eigenvalue weighted by atomic mass is 32.2. The number of furan rings is 1. The number of nitrogens with two attached hydrogens (primary N) is 1. The molecule has 0 saturated heterocycles. The van der Waals surface area contributed by atoms with Gasteiger partial charge < -0.3 is 10.2 Å². The smallest absolute Gasteiger partial charge is 0.227 e. The van der Waals surface area contributed by atoms with Gasteiger partial charge in [0.15, 0.2) is 0 Å². The van der Waals surface area contributed by atoms with Gasteiger partial charge >= 0.3 is 0 Å². The molecule has 3 nitrogen and oxygen atoms in total. The minimum Gasteiger partial charge on any atom is -0.465 e. The second-order valence-corrected chi connectivity index (χ2v) is 3.67. The van der Waals surface area contributed by atoms with Gasteiger partial charge in [-0.1, -0.05) is 6.92 Å². The van der Waals surface area contributed by atoms with Crippen LogP contribution >= 0.6 is 11.8 Å². The lowest BCUT2D eigenvalue weighted by molar-refractivity contribution is -0.115. The van der Waals surface area contributed by atoms with Gasteiger partial charge in [-0.3, -0.25) is 4.79 Å². The van der Waals surface area contributed by atoms with E-state index < -0.39 is 0 Å². The Morgan fingerprint density at radius 2 is 2.23 bits per heavy atom. The van der Waals surface area contributed by atoms with Crippen LogP contribution in [-0.4, -0.2) is 11.7 Å². The molecule has 0 saturated carbocycles. The molecule has 4 heteroatoms. The molecular formula is C9H13NO2S. The van der Waals surface area contributed by atoms with E-state index in [2.05, 4.69) is 0 Å². The summed E-state index contributed by atoms with van der Waals surface area (Å²) in [6.07, 6.45) is 0.903. The number of amides is 1. The molecule has 72 valence electrons. The molecule has 0 atom stereocenters. The van der Waals surface area contributed by atoms with Gasteiger partial charge in [-0.25, -0.2) is 0 Å². The maximum Gasteiger partial charge on any atom is 0.227 e. The molecule has 2 N–H and O–H groups in total. The van der Waals surface area contributed by atoms with Gasteiger partial charge in [-0.15, -0.1) is 11.8 Å². The van der Waals surface area contributed by atoms with Crippen molar-refractivity contribution in [2.45, 2.75) is 19.1 Å². The van der Waals surface area contributed by atoms with E-state index in [4.69, 9.17) is 10.2 Å². The molecule has 0 fully saturated rings. The fourth-order valence-electron chi connectivity index (χ4n) is 0.942. The Morgan fingerprint density at radius 1 is 1.54 bits per heavy atom. The van der Waals surface area contributed by atoms with Crippen molar-refractivity contribution < 1.29 is 9.21 Å². The Hall–Kier alpha value is -0.900. The van der Waals surface area contributed by atoms with Gasteiger partial charge in [0.2, 0.25) is 5.91 Å². The summed E-state index contributed by atoms with van der Waals surface area (Å²) < 4.78 is 5.44. The zero-order valence-corrected chi connectivity index (χ0v) is 8.39. The minimum atomic E-state index is -0.285. The van der Waals surface area contributed by atoms with Gasteiger partial charge in [-0.2, -0.15) is 0 Å². The van der Waals surface area contributed by atoms with Crippen LogP contribution in [0.1, 0.15) is 18.4 Å². The van der Waals surface area contributed by atoms with Crippen LogP contribution in [0.15, 0.2) is 16.5 Å². The second kappa shape index (κ2) is 4.97. The number of aryl methyl sites for hydroxylation is 1. The van der Waals surface area contributed by atoms with E-state index >= 15 is 0 Å². The highest BCUT2D eigenvalue weighted by Crippen LogP contribution is 2.15. The SMILES string of the molecule is CCc1ccc(CSCC(N)=O)o1. The Morgan fingerprint density at radius 3 is 2.77 bits per heavy atom. The molecule has 0 aliphatic heterocycles. The highest BCUT2D eigenvalue weighted by Gasteiger charge is 2.01. The van der Waals surface area contributed by atoms with Crippen molar-refractivity contribution in [1.29, 1.82) is 0 Å². The van der Waals surface area contributed by atoms with Crippen LogP contribution in [0.4, 0.5) is 0 Å². The lowest BCUT2D eigenvalue weighted by Gasteiger charge is -1.94.